The van der Waals surface area contributed by atoms with Gasteiger partial charge in [0.2, 0.25) is 5.88 Å². The van der Waals surface area contributed by atoms with Crippen LogP contribution in [0.5, 0.6) is 11.6 Å². The Kier molecular flexibility index (Phi) is 5.83. The molecule has 0 bridgehead atoms. The predicted molar refractivity (Wildman–Crippen MR) is 123 cm³/mol. The number of benzene rings is 2. The van der Waals surface area contributed by atoms with Crippen molar-refractivity contribution >= 4 is 12.1 Å². The summed E-state index contributed by atoms with van der Waals surface area (Å²) in [5.74, 6) is 1.66. The molecule has 0 spiro atoms. The van der Waals surface area contributed by atoms with Gasteiger partial charge in [0.15, 0.2) is 0 Å². The van der Waals surface area contributed by atoms with Gasteiger partial charge in [-0.25, -0.2) is 4.79 Å². The van der Waals surface area contributed by atoms with Crippen molar-refractivity contribution < 1.29 is 9.53 Å². The summed E-state index contributed by atoms with van der Waals surface area (Å²) in [5, 5.41) is 11.0. The molecule has 2 atom stereocenters. The van der Waals surface area contributed by atoms with Crippen molar-refractivity contribution in [2.24, 2.45) is 0 Å². The smallest absolute Gasteiger partial charge is 0.317 e. The van der Waals surface area contributed by atoms with Crippen LogP contribution in [-0.2, 0) is 0 Å². The number of carbonyl (C=O) groups is 1. The van der Waals surface area contributed by atoms with Gasteiger partial charge >= 0.3 is 6.03 Å². The highest BCUT2D eigenvalue weighted by Gasteiger charge is 2.40. The number of hydrogen-bond donors (Lipinski definition) is 1. The van der Waals surface area contributed by atoms with Gasteiger partial charge < -0.3 is 15.0 Å². The van der Waals surface area contributed by atoms with E-state index in [9.17, 15) is 4.79 Å². The normalized spacial score (nSPS) is 19.9. The van der Waals surface area contributed by atoms with Gasteiger partial charge in [-0.1, -0.05) is 54.1 Å². The molecule has 6 nitrogen and oxygen atoms in total. The molecule has 1 aromatic heterocycles. The third kappa shape index (κ3) is 4.97. The Morgan fingerprint density at radius 1 is 1.03 bits per heavy atom. The fourth-order valence-electron chi connectivity index (χ4n) is 4.18. The van der Waals surface area contributed by atoms with Crippen molar-refractivity contribution in [3.05, 3.63) is 89.6 Å². The molecule has 0 radical (unpaired) electrons. The van der Waals surface area contributed by atoms with Gasteiger partial charge in [0.05, 0.1) is 0 Å². The monoisotopic (exact) mass is 426 g/mol. The Morgan fingerprint density at radius 2 is 1.88 bits per heavy atom. The van der Waals surface area contributed by atoms with Crippen LogP contribution in [0.15, 0.2) is 78.5 Å². The second-order valence-electron chi connectivity index (χ2n) is 8.33. The van der Waals surface area contributed by atoms with Crippen molar-refractivity contribution in [2.75, 3.05) is 13.1 Å². The first-order valence-electron chi connectivity index (χ1n) is 11.1. The lowest BCUT2D eigenvalue weighted by Gasteiger charge is -2.28. The van der Waals surface area contributed by atoms with Crippen molar-refractivity contribution in [3.63, 3.8) is 0 Å². The summed E-state index contributed by atoms with van der Waals surface area (Å²) >= 11 is 0. The summed E-state index contributed by atoms with van der Waals surface area (Å²) < 4.78 is 5.78. The van der Waals surface area contributed by atoms with E-state index in [1.165, 1.54) is 11.1 Å². The van der Waals surface area contributed by atoms with Gasteiger partial charge in [-0.15, -0.1) is 5.10 Å². The maximum Gasteiger partial charge on any atom is 0.317 e. The van der Waals surface area contributed by atoms with Crippen LogP contribution in [0.1, 0.15) is 36.3 Å². The molecule has 2 aromatic carbocycles. The number of carbonyl (C=O) groups excluding carboxylic acids is 1. The molecule has 2 fully saturated rings. The fraction of sp³-hybridized carbons (Fsp3) is 0.269. The fourth-order valence-corrected chi connectivity index (χ4v) is 4.18. The maximum atomic E-state index is 12.7. The molecule has 32 heavy (non-hydrogen) atoms. The molecule has 5 rings (SSSR count). The van der Waals surface area contributed by atoms with Crippen molar-refractivity contribution in [1.29, 1.82) is 0 Å². The first kappa shape index (κ1) is 20.2. The van der Waals surface area contributed by atoms with Crippen molar-refractivity contribution in [1.82, 2.24) is 20.4 Å². The number of urea groups is 1. The number of aromatic nitrogens is 2. The van der Waals surface area contributed by atoms with Crippen LogP contribution in [0.25, 0.3) is 6.08 Å². The molecule has 2 aliphatic rings. The van der Waals surface area contributed by atoms with Crippen LogP contribution in [-0.4, -0.2) is 40.3 Å². The van der Waals surface area contributed by atoms with Crippen molar-refractivity contribution in [2.45, 2.75) is 31.2 Å². The lowest BCUT2D eigenvalue weighted by molar-refractivity contribution is 0.193. The third-order valence-corrected chi connectivity index (χ3v) is 6.02. The molecular formula is C26H26N4O2. The highest BCUT2D eigenvalue weighted by molar-refractivity contribution is 5.75. The third-order valence-electron chi connectivity index (χ3n) is 6.02. The maximum absolute atomic E-state index is 12.7. The number of nitrogens with one attached hydrogen (secondary N) is 1. The van der Waals surface area contributed by atoms with E-state index in [1.54, 1.807) is 18.3 Å². The minimum atomic E-state index is 0.0619. The summed E-state index contributed by atoms with van der Waals surface area (Å²) in [6.07, 6.45) is 6.62. The topological polar surface area (TPSA) is 67.4 Å². The molecule has 1 aliphatic heterocycles. The van der Waals surface area contributed by atoms with Gasteiger partial charge in [0.25, 0.3) is 0 Å². The Morgan fingerprint density at radius 3 is 2.66 bits per heavy atom. The zero-order valence-electron chi connectivity index (χ0n) is 17.9. The average molecular weight is 427 g/mol. The van der Waals surface area contributed by atoms with E-state index < -0.39 is 0 Å². The van der Waals surface area contributed by atoms with Crippen LogP contribution >= 0.6 is 0 Å². The van der Waals surface area contributed by atoms with Crippen LogP contribution < -0.4 is 10.1 Å². The van der Waals surface area contributed by atoms with E-state index in [-0.39, 0.29) is 12.1 Å². The van der Waals surface area contributed by atoms with E-state index in [1.807, 2.05) is 29.2 Å². The van der Waals surface area contributed by atoms with E-state index in [0.29, 0.717) is 11.8 Å². The number of rotatable bonds is 5. The number of ether oxygens (including phenoxy) is 1. The minimum absolute atomic E-state index is 0.0619. The number of nitrogens with zero attached hydrogens (tertiary/aromatic N) is 3. The summed E-state index contributed by atoms with van der Waals surface area (Å²) in [7, 11) is 0. The number of amides is 2. The molecule has 1 saturated carbocycles. The first-order chi connectivity index (χ1) is 15.7. The zero-order chi connectivity index (χ0) is 21.8. The van der Waals surface area contributed by atoms with E-state index in [4.69, 9.17) is 4.74 Å². The Bertz CT molecular complexity index is 1090. The van der Waals surface area contributed by atoms with Crippen LogP contribution in [0.2, 0.25) is 0 Å². The summed E-state index contributed by atoms with van der Waals surface area (Å²) in [6.45, 7) is 1.49. The van der Waals surface area contributed by atoms with Gasteiger partial charge in [-0.3, -0.25) is 0 Å². The molecule has 2 unspecified atom stereocenters. The predicted octanol–water partition coefficient (Wildman–Crippen LogP) is 5.01. The zero-order valence-corrected chi connectivity index (χ0v) is 17.9. The summed E-state index contributed by atoms with van der Waals surface area (Å²) in [5.41, 5.74) is 3.74. The second kappa shape index (κ2) is 9.22. The first-order valence-corrected chi connectivity index (χ1v) is 11.1. The molecule has 2 amide bonds. The van der Waals surface area contributed by atoms with Gasteiger partial charge in [0, 0.05) is 37.3 Å². The number of piperidine rings is 1. The Labute approximate surface area is 187 Å². The highest BCUT2D eigenvalue weighted by atomic mass is 16.5. The second-order valence-corrected chi connectivity index (χ2v) is 8.33. The largest absolute Gasteiger partial charge is 0.438 e. The van der Waals surface area contributed by atoms with Crippen molar-refractivity contribution in [3.8, 4) is 11.6 Å². The molecule has 1 aliphatic carbocycles. The summed E-state index contributed by atoms with van der Waals surface area (Å²) in [4.78, 5) is 14.6. The molecular weight excluding hydrogens is 400 g/mol. The number of likely N-dealkylation sites (tertiary alicyclic amines) is 1. The highest BCUT2D eigenvalue weighted by Crippen LogP contribution is 2.40. The molecule has 3 aromatic rings. The molecule has 2 heterocycles. The van der Waals surface area contributed by atoms with Gasteiger partial charge in [-0.2, -0.15) is 5.10 Å². The molecule has 162 valence electrons. The van der Waals surface area contributed by atoms with E-state index >= 15 is 0 Å². The summed E-state index contributed by atoms with van der Waals surface area (Å²) in [6, 6.07) is 22.3. The average Bonchev–Trinajstić information content (AvgIpc) is 3.60. The van der Waals surface area contributed by atoms with Gasteiger partial charge in [-0.05, 0) is 48.6 Å². The van der Waals surface area contributed by atoms with E-state index in [0.717, 1.165) is 43.7 Å². The minimum Gasteiger partial charge on any atom is -0.438 e. The Hall–Kier alpha value is -3.67. The van der Waals surface area contributed by atoms with Crippen LogP contribution in [0.3, 0.4) is 0 Å². The molecule has 1 saturated heterocycles. The molecule has 6 heteroatoms. The van der Waals surface area contributed by atoms with Gasteiger partial charge in [0.1, 0.15) is 5.75 Å². The lowest BCUT2D eigenvalue weighted by Crippen LogP contribution is -2.44. The number of hydrogen-bond acceptors (Lipinski definition) is 4. The lowest BCUT2D eigenvalue weighted by atomic mass is 10.0. The Balaban J connectivity index is 1.13. The quantitative estimate of drug-likeness (QED) is 0.622. The van der Waals surface area contributed by atoms with Crippen LogP contribution in [0.4, 0.5) is 4.79 Å². The molecule has 1 N–H and O–H groups in total. The standard InChI is InChI=1S/C26H26N4O2/c31-26(28-24-18-23(24)21-7-2-1-3-8-21)30-14-11-19(12-15-30)16-20-6-4-9-22(17-20)32-25-10-5-13-27-29-25/h1-10,13,16-17,23-24H,11-12,14-15,18H2,(H,28,31). The van der Waals surface area contributed by atoms with E-state index in [2.05, 4.69) is 51.9 Å². The van der Waals surface area contributed by atoms with Crippen LogP contribution in [0, 0.1) is 0 Å². The SMILES string of the molecule is O=C(NC1CC1c1ccccc1)N1CCC(=Cc2cccc(Oc3cccnn3)c2)CC1.